The fourth-order valence-corrected chi connectivity index (χ4v) is 2.20. The van der Waals surface area contributed by atoms with Gasteiger partial charge in [-0.2, -0.15) is 0 Å². The second-order valence-electron chi connectivity index (χ2n) is 5.53. The molecule has 0 amide bonds. The van der Waals surface area contributed by atoms with Gasteiger partial charge in [-0.1, -0.05) is 20.8 Å². The molecule has 1 aromatic heterocycles. The van der Waals surface area contributed by atoms with E-state index in [0.29, 0.717) is 5.28 Å². The van der Waals surface area contributed by atoms with Crippen molar-refractivity contribution in [3.05, 3.63) is 34.9 Å². The molecule has 19 heavy (non-hydrogen) atoms. The third kappa shape index (κ3) is 2.59. The van der Waals surface area contributed by atoms with Crippen LogP contribution >= 0.6 is 11.6 Å². The van der Waals surface area contributed by atoms with Gasteiger partial charge in [0.1, 0.15) is 11.6 Å². The van der Waals surface area contributed by atoms with Crippen molar-refractivity contribution in [2.24, 2.45) is 0 Å². The van der Waals surface area contributed by atoms with Crippen molar-refractivity contribution in [1.82, 2.24) is 14.8 Å². The molecule has 5 heteroatoms. The minimum absolute atomic E-state index is 0.131. The van der Waals surface area contributed by atoms with Gasteiger partial charge < -0.3 is 4.74 Å². The van der Waals surface area contributed by atoms with Gasteiger partial charge in [-0.3, -0.25) is 4.57 Å². The van der Waals surface area contributed by atoms with Gasteiger partial charge in [0.05, 0.1) is 12.8 Å². The highest BCUT2D eigenvalue weighted by atomic mass is 35.5. The van der Waals surface area contributed by atoms with Crippen LogP contribution in [0.1, 0.15) is 32.2 Å². The lowest BCUT2D eigenvalue weighted by atomic mass is 9.95. The number of aromatic nitrogens is 3. The summed E-state index contributed by atoms with van der Waals surface area (Å²) in [6, 6.07) is 5.90. The Bertz CT molecular complexity index is 599. The predicted molar refractivity (Wildman–Crippen MR) is 76.4 cm³/mol. The maximum absolute atomic E-state index is 6.17. The van der Waals surface area contributed by atoms with Gasteiger partial charge in [0.25, 0.3) is 0 Å². The van der Waals surface area contributed by atoms with E-state index in [4.69, 9.17) is 16.3 Å². The number of hydrogen-bond acceptors (Lipinski definition) is 3. The third-order valence-corrected chi connectivity index (χ3v) is 3.18. The zero-order chi connectivity index (χ0) is 14.2. The van der Waals surface area contributed by atoms with Crippen molar-refractivity contribution < 1.29 is 4.74 Å². The minimum atomic E-state index is -0.131. The molecule has 0 bridgehead atoms. The summed E-state index contributed by atoms with van der Waals surface area (Å²) < 4.78 is 7.14. The molecule has 0 saturated carbocycles. The number of hydrogen-bond donors (Lipinski definition) is 0. The molecule has 0 aliphatic carbocycles. The minimum Gasteiger partial charge on any atom is -0.496 e. The molecule has 102 valence electrons. The molecule has 0 unspecified atom stereocenters. The van der Waals surface area contributed by atoms with E-state index in [1.54, 1.807) is 7.11 Å². The maximum Gasteiger partial charge on any atom is 0.229 e. The molecule has 0 aliphatic heterocycles. The van der Waals surface area contributed by atoms with Crippen LogP contribution in [0.5, 0.6) is 5.75 Å². The molecule has 0 radical (unpaired) electrons. The highest BCUT2D eigenvalue weighted by Gasteiger charge is 2.24. The number of halogens is 1. The fraction of sp³-hybridized carbons (Fsp3) is 0.429. The Hall–Kier alpha value is -1.55. The predicted octanol–water partition coefficient (Wildman–Crippen LogP) is 3.54. The van der Waals surface area contributed by atoms with Crippen molar-refractivity contribution in [3.8, 4) is 11.4 Å². The van der Waals surface area contributed by atoms with Crippen LogP contribution in [-0.4, -0.2) is 21.9 Å². The average Bonchev–Trinajstić information content (AvgIpc) is 2.70. The average molecular weight is 280 g/mol. The monoisotopic (exact) mass is 279 g/mol. The van der Waals surface area contributed by atoms with Crippen LogP contribution < -0.4 is 4.74 Å². The van der Waals surface area contributed by atoms with Crippen LogP contribution in [0, 0.1) is 6.92 Å². The molecule has 2 rings (SSSR count). The number of benzene rings is 1. The lowest BCUT2D eigenvalue weighted by molar-refractivity contribution is 0.411. The first kappa shape index (κ1) is 13.9. The molecule has 0 spiro atoms. The van der Waals surface area contributed by atoms with E-state index < -0.39 is 0 Å². The summed E-state index contributed by atoms with van der Waals surface area (Å²) in [5, 5.41) is 8.53. The van der Waals surface area contributed by atoms with E-state index >= 15 is 0 Å². The first-order valence-electron chi connectivity index (χ1n) is 6.11. The summed E-state index contributed by atoms with van der Waals surface area (Å²) in [4.78, 5) is 0. The first-order valence-corrected chi connectivity index (χ1v) is 6.49. The number of methoxy groups -OCH3 is 1. The molecule has 0 N–H and O–H groups in total. The molecule has 2 aromatic rings. The van der Waals surface area contributed by atoms with Crippen LogP contribution in [0.25, 0.3) is 5.69 Å². The summed E-state index contributed by atoms with van der Waals surface area (Å²) in [5.41, 5.74) is 1.86. The van der Waals surface area contributed by atoms with Crippen LogP contribution in [0.15, 0.2) is 18.2 Å². The highest BCUT2D eigenvalue weighted by molar-refractivity contribution is 6.28. The summed E-state index contributed by atoms with van der Waals surface area (Å²) in [5.74, 6) is 1.69. The normalized spacial score (nSPS) is 11.7. The van der Waals surface area contributed by atoms with Crippen LogP contribution in [-0.2, 0) is 5.41 Å². The van der Waals surface area contributed by atoms with E-state index in [1.807, 2.05) is 29.7 Å². The highest BCUT2D eigenvalue weighted by Crippen LogP contribution is 2.28. The number of ether oxygens (including phenoxy) is 1. The Morgan fingerprint density at radius 2 is 1.89 bits per heavy atom. The van der Waals surface area contributed by atoms with E-state index in [9.17, 15) is 0 Å². The smallest absolute Gasteiger partial charge is 0.229 e. The Labute approximate surface area is 118 Å². The van der Waals surface area contributed by atoms with Gasteiger partial charge in [0.2, 0.25) is 5.28 Å². The Kier molecular flexibility index (Phi) is 3.54. The van der Waals surface area contributed by atoms with Crippen LogP contribution in [0.4, 0.5) is 0 Å². The number of rotatable bonds is 2. The van der Waals surface area contributed by atoms with E-state index in [0.717, 1.165) is 22.8 Å². The standard InChI is InChI=1S/C14H18ClN3O/c1-9-8-10(6-7-11(9)19-5)18-12(14(2,3)4)16-17-13(18)15/h6-8H,1-5H3. The summed E-state index contributed by atoms with van der Waals surface area (Å²) in [6.07, 6.45) is 0. The van der Waals surface area contributed by atoms with E-state index in [1.165, 1.54) is 0 Å². The maximum atomic E-state index is 6.17. The molecule has 0 aliphatic rings. The van der Waals surface area contributed by atoms with Gasteiger partial charge in [-0.25, -0.2) is 0 Å². The van der Waals surface area contributed by atoms with Crippen LogP contribution in [0.2, 0.25) is 5.28 Å². The van der Waals surface area contributed by atoms with Crippen molar-refractivity contribution in [1.29, 1.82) is 0 Å². The molecular formula is C14H18ClN3O. The molecule has 0 fully saturated rings. The van der Waals surface area contributed by atoms with Crippen molar-refractivity contribution in [3.63, 3.8) is 0 Å². The Morgan fingerprint density at radius 3 is 2.42 bits per heavy atom. The van der Waals surface area contributed by atoms with E-state index in [2.05, 4.69) is 31.0 Å². The van der Waals surface area contributed by atoms with Gasteiger partial charge in [-0.05, 0) is 42.3 Å². The summed E-state index contributed by atoms with van der Waals surface area (Å²) in [6.45, 7) is 8.25. The second-order valence-corrected chi connectivity index (χ2v) is 5.87. The topological polar surface area (TPSA) is 39.9 Å². The molecule has 0 atom stereocenters. The van der Waals surface area contributed by atoms with Gasteiger partial charge in [-0.15, -0.1) is 10.2 Å². The fourth-order valence-electron chi connectivity index (χ4n) is 1.98. The molecule has 0 saturated heterocycles. The van der Waals surface area contributed by atoms with Crippen LogP contribution in [0.3, 0.4) is 0 Å². The van der Waals surface area contributed by atoms with Gasteiger partial charge in [0, 0.05) is 5.41 Å². The molecular weight excluding hydrogens is 262 g/mol. The zero-order valence-electron chi connectivity index (χ0n) is 11.9. The number of aryl methyl sites for hydroxylation is 1. The molecule has 1 aromatic carbocycles. The number of nitrogens with zero attached hydrogens (tertiary/aromatic N) is 3. The Morgan fingerprint density at radius 1 is 1.21 bits per heavy atom. The Balaban J connectivity index is 2.59. The van der Waals surface area contributed by atoms with Gasteiger partial charge >= 0.3 is 0 Å². The van der Waals surface area contributed by atoms with Crippen molar-refractivity contribution in [2.75, 3.05) is 7.11 Å². The summed E-state index contributed by atoms with van der Waals surface area (Å²) in [7, 11) is 1.66. The van der Waals surface area contributed by atoms with Crippen molar-refractivity contribution >= 4 is 11.6 Å². The quantitative estimate of drug-likeness (QED) is 0.844. The molecule has 4 nitrogen and oxygen atoms in total. The summed E-state index contributed by atoms with van der Waals surface area (Å²) >= 11 is 6.17. The lowest BCUT2D eigenvalue weighted by Crippen LogP contribution is -2.18. The second kappa shape index (κ2) is 4.85. The lowest BCUT2D eigenvalue weighted by Gasteiger charge is -2.19. The first-order chi connectivity index (χ1) is 8.84. The SMILES string of the molecule is COc1ccc(-n2c(Cl)nnc2C(C)(C)C)cc1C. The van der Waals surface area contributed by atoms with Crippen molar-refractivity contribution in [2.45, 2.75) is 33.1 Å². The largest absolute Gasteiger partial charge is 0.496 e. The van der Waals surface area contributed by atoms with E-state index in [-0.39, 0.29) is 5.41 Å². The molecule has 1 heterocycles. The zero-order valence-corrected chi connectivity index (χ0v) is 12.6. The van der Waals surface area contributed by atoms with Gasteiger partial charge in [0.15, 0.2) is 0 Å². The third-order valence-electron chi connectivity index (χ3n) is 2.93.